The van der Waals surface area contributed by atoms with Crippen molar-refractivity contribution in [2.45, 2.75) is 70.6 Å². The Hall–Kier alpha value is -1.66. The zero-order valence-corrected chi connectivity index (χ0v) is 18.4. The van der Waals surface area contributed by atoms with Crippen molar-refractivity contribution >= 4 is 28.9 Å². The number of imide groups is 1. The number of rotatable bonds is 5. The van der Waals surface area contributed by atoms with Crippen LogP contribution in [0.2, 0.25) is 0 Å². The standard InChI is InChI=1S/C23H31NO4S/c1-4-23(5-2)14-13-18(19(23)29-21(26)17-11-7-6-8-12-17)20(25)24(22(27)28)15-9-10-16(24)3/h6-8,11-12,16,18-19H,4-5,9-10,13-15H2,1-3H3/p+1/t16-,18?,19?,24?/m1/s1. The number of quaternary nitrogens is 1. The third-order valence-electron chi connectivity index (χ3n) is 7.51. The number of amides is 2. The Morgan fingerprint density at radius 1 is 1.14 bits per heavy atom. The molecular weight excluding hydrogens is 386 g/mol. The Labute approximate surface area is 177 Å². The van der Waals surface area contributed by atoms with Crippen LogP contribution in [-0.4, -0.2) is 44.5 Å². The summed E-state index contributed by atoms with van der Waals surface area (Å²) in [5, 5.41) is 9.82. The van der Waals surface area contributed by atoms with Crippen molar-refractivity contribution < 1.29 is 24.0 Å². The van der Waals surface area contributed by atoms with Crippen molar-refractivity contribution in [3.05, 3.63) is 35.9 Å². The fraction of sp³-hybridized carbons (Fsp3) is 0.609. The molecule has 2 fully saturated rings. The van der Waals surface area contributed by atoms with E-state index in [2.05, 4.69) is 13.8 Å². The second-order valence-corrected chi connectivity index (χ2v) is 9.73. The molecule has 0 aromatic heterocycles. The molecule has 3 rings (SSSR count). The van der Waals surface area contributed by atoms with Crippen LogP contribution in [0.1, 0.15) is 69.7 Å². The number of hydrogen-bond acceptors (Lipinski definition) is 4. The van der Waals surface area contributed by atoms with Crippen LogP contribution in [0.25, 0.3) is 0 Å². The van der Waals surface area contributed by atoms with Gasteiger partial charge in [-0.1, -0.05) is 55.9 Å². The highest BCUT2D eigenvalue weighted by Gasteiger charge is 2.60. The number of carbonyl (C=O) groups is 3. The highest BCUT2D eigenvalue weighted by Crippen LogP contribution is 2.54. The summed E-state index contributed by atoms with van der Waals surface area (Å²) in [5.41, 5.74) is 0.523. The molecule has 4 atom stereocenters. The first-order valence-electron chi connectivity index (χ1n) is 10.7. The van der Waals surface area contributed by atoms with E-state index in [0.717, 1.165) is 32.1 Å². The van der Waals surface area contributed by atoms with Crippen LogP contribution < -0.4 is 0 Å². The van der Waals surface area contributed by atoms with E-state index in [1.807, 2.05) is 25.1 Å². The van der Waals surface area contributed by atoms with Crippen LogP contribution in [-0.2, 0) is 4.79 Å². The molecule has 1 N–H and O–H groups in total. The molecule has 158 valence electrons. The fourth-order valence-electron chi connectivity index (χ4n) is 5.47. The van der Waals surface area contributed by atoms with Gasteiger partial charge in [-0.05, 0) is 38.0 Å². The topological polar surface area (TPSA) is 71.4 Å². The Morgan fingerprint density at radius 2 is 1.79 bits per heavy atom. The van der Waals surface area contributed by atoms with Gasteiger partial charge in [0.05, 0.1) is 12.5 Å². The van der Waals surface area contributed by atoms with Gasteiger partial charge in [0.1, 0.15) is 6.04 Å². The summed E-state index contributed by atoms with van der Waals surface area (Å²) >= 11 is 1.26. The van der Waals surface area contributed by atoms with E-state index in [9.17, 15) is 19.5 Å². The van der Waals surface area contributed by atoms with Gasteiger partial charge < -0.3 is 5.11 Å². The summed E-state index contributed by atoms with van der Waals surface area (Å²) in [4.78, 5) is 39.0. The normalized spacial score (nSPS) is 30.9. The van der Waals surface area contributed by atoms with Crippen molar-refractivity contribution in [1.82, 2.24) is 0 Å². The molecule has 5 nitrogen and oxygen atoms in total. The maximum Gasteiger partial charge on any atom is 0.521 e. The van der Waals surface area contributed by atoms with Crippen LogP contribution in [0, 0.1) is 11.3 Å². The summed E-state index contributed by atoms with van der Waals surface area (Å²) in [7, 11) is 0. The van der Waals surface area contributed by atoms with Gasteiger partial charge in [-0.3, -0.25) is 4.79 Å². The molecule has 1 aliphatic carbocycles. The molecule has 3 unspecified atom stereocenters. The van der Waals surface area contributed by atoms with E-state index in [1.165, 1.54) is 11.8 Å². The highest BCUT2D eigenvalue weighted by atomic mass is 32.2. The van der Waals surface area contributed by atoms with E-state index < -0.39 is 16.5 Å². The van der Waals surface area contributed by atoms with Gasteiger partial charge in [-0.2, -0.15) is 9.28 Å². The number of carboxylic acid groups (broad SMARTS) is 1. The molecule has 1 aromatic rings. The van der Waals surface area contributed by atoms with Gasteiger partial charge in [0, 0.05) is 23.7 Å². The number of likely N-dealkylation sites (tertiary alicyclic amines) is 1. The maximum atomic E-state index is 13.7. The Morgan fingerprint density at radius 3 is 2.31 bits per heavy atom. The molecule has 0 bridgehead atoms. The molecule has 6 heteroatoms. The van der Waals surface area contributed by atoms with Gasteiger partial charge in [-0.15, -0.1) is 0 Å². The molecular formula is C23H32NO4S+. The van der Waals surface area contributed by atoms with E-state index in [0.29, 0.717) is 18.5 Å². The first kappa shape index (κ1) is 22.0. The van der Waals surface area contributed by atoms with E-state index in [-0.39, 0.29) is 27.7 Å². The van der Waals surface area contributed by atoms with Crippen molar-refractivity contribution in [3.63, 3.8) is 0 Å². The average molecular weight is 419 g/mol. The minimum atomic E-state index is -1.04. The van der Waals surface area contributed by atoms with Gasteiger partial charge in [-0.25, -0.2) is 4.79 Å². The molecule has 1 saturated carbocycles. The molecule has 0 radical (unpaired) electrons. The van der Waals surface area contributed by atoms with E-state index >= 15 is 0 Å². The van der Waals surface area contributed by atoms with Crippen LogP contribution in [0.15, 0.2) is 30.3 Å². The molecule has 2 aliphatic rings. The minimum Gasteiger partial charge on any atom is -0.435 e. The number of nitrogens with zero attached hydrogens (tertiary/aromatic N) is 1. The Bertz CT molecular complexity index is 776. The molecule has 1 aliphatic heterocycles. The fourth-order valence-corrected chi connectivity index (χ4v) is 7.09. The van der Waals surface area contributed by atoms with Crippen LogP contribution in [0.5, 0.6) is 0 Å². The quantitative estimate of drug-likeness (QED) is 0.653. The molecule has 1 saturated heterocycles. The van der Waals surface area contributed by atoms with Gasteiger partial charge >= 0.3 is 12.0 Å². The molecule has 29 heavy (non-hydrogen) atoms. The summed E-state index contributed by atoms with van der Waals surface area (Å²) < 4.78 is -0.467. The van der Waals surface area contributed by atoms with E-state index in [1.54, 1.807) is 12.1 Å². The van der Waals surface area contributed by atoms with Crippen molar-refractivity contribution in [2.75, 3.05) is 6.54 Å². The van der Waals surface area contributed by atoms with Gasteiger partial charge in [0.2, 0.25) is 5.12 Å². The Balaban J connectivity index is 1.95. The zero-order valence-electron chi connectivity index (χ0n) is 17.6. The molecule has 0 spiro atoms. The zero-order chi connectivity index (χ0) is 21.2. The highest BCUT2D eigenvalue weighted by molar-refractivity contribution is 8.14. The predicted molar refractivity (Wildman–Crippen MR) is 115 cm³/mol. The lowest BCUT2D eigenvalue weighted by atomic mass is 9.79. The number of thioether (sulfide) groups is 1. The maximum absolute atomic E-state index is 13.7. The second kappa shape index (κ2) is 8.60. The largest absolute Gasteiger partial charge is 0.521 e. The summed E-state index contributed by atoms with van der Waals surface area (Å²) in [6, 6.07) is 8.95. The van der Waals surface area contributed by atoms with E-state index in [4.69, 9.17) is 0 Å². The first-order chi connectivity index (χ1) is 13.8. The smallest absolute Gasteiger partial charge is 0.435 e. The van der Waals surface area contributed by atoms with Crippen molar-refractivity contribution in [2.24, 2.45) is 11.3 Å². The minimum absolute atomic E-state index is 0.0297. The van der Waals surface area contributed by atoms with Crippen LogP contribution >= 0.6 is 11.8 Å². The molecule has 1 aromatic carbocycles. The molecule has 2 amide bonds. The monoisotopic (exact) mass is 418 g/mol. The lowest BCUT2D eigenvalue weighted by molar-refractivity contribution is -0.794. The van der Waals surface area contributed by atoms with Crippen LogP contribution in [0.4, 0.5) is 4.79 Å². The first-order valence-corrected chi connectivity index (χ1v) is 11.6. The van der Waals surface area contributed by atoms with Crippen LogP contribution in [0.3, 0.4) is 0 Å². The Kier molecular flexibility index (Phi) is 6.54. The summed E-state index contributed by atoms with van der Waals surface area (Å²) in [6.45, 7) is 6.48. The number of hydrogen-bond donors (Lipinski definition) is 1. The predicted octanol–water partition coefficient (Wildman–Crippen LogP) is 5.35. The van der Waals surface area contributed by atoms with Crippen molar-refractivity contribution in [1.29, 1.82) is 0 Å². The van der Waals surface area contributed by atoms with Gasteiger partial charge in [0.15, 0.2) is 0 Å². The SMILES string of the molecule is CCC1(CC)CCC(C(=O)[N+]2(C(=O)O)CCC[C@H]2C)C1SC(=O)c1ccccc1. The summed E-state index contributed by atoms with van der Waals surface area (Å²) in [6.07, 6.45) is 3.76. The number of carbonyl (C=O) groups excluding carboxylic acids is 2. The number of benzene rings is 1. The second-order valence-electron chi connectivity index (χ2n) is 8.61. The average Bonchev–Trinajstić information content (AvgIpc) is 3.29. The summed E-state index contributed by atoms with van der Waals surface area (Å²) in [5.74, 6) is -0.589. The molecule has 1 heterocycles. The lowest BCUT2D eigenvalue weighted by Gasteiger charge is -2.37. The van der Waals surface area contributed by atoms with Gasteiger partial charge in [0.25, 0.3) is 0 Å². The lowest BCUT2D eigenvalue weighted by Crippen LogP contribution is -2.61. The van der Waals surface area contributed by atoms with Crippen molar-refractivity contribution in [3.8, 4) is 0 Å². The third-order valence-corrected chi connectivity index (χ3v) is 9.04. The third kappa shape index (κ3) is 3.66.